The lowest BCUT2D eigenvalue weighted by atomic mass is 10.1. The van der Waals surface area contributed by atoms with Crippen molar-refractivity contribution in [3.05, 3.63) is 249 Å². The van der Waals surface area contributed by atoms with E-state index in [9.17, 15) is 117 Å². The van der Waals surface area contributed by atoms with E-state index in [0.29, 0.717) is 0 Å². The number of hydrogen-bond acceptors (Lipinski definition) is 33. The molecule has 0 fully saturated rings. The Morgan fingerprint density at radius 1 is 0.202 bits per heavy atom. The number of aromatic carboxylic acids is 6. The summed E-state index contributed by atoms with van der Waals surface area (Å²) in [5.74, 6) is -19.3. The molecule has 0 aliphatic carbocycles. The smallest absolute Gasteiger partial charge is 0.339 e. The molecule has 6 N–H and O–H groups in total. The Hall–Kier alpha value is -16.4. The minimum atomic E-state index is -1.48. The second-order valence-electron chi connectivity index (χ2n) is 24.7. The number of hydrogen-bond donors (Lipinski definition) is 6. The highest BCUT2D eigenvalue weighted by atomic mass is 16.6. The summed E-state index contributed by atoms with van der Waals surface area (Å²) in [7, 11) is 0. The number of esters is 12. The number of carbonyl (C=O) groups is 18. The number of carbonyl (C=O) groups excluding carboxylic acids is 12. The lowest BCUT2D eigenvalue weighted by molar-refractivity contribution is -0.140. The van der Waals surface area contributed by atoms with E-state index in [1.165, 1.54) is 77.9 Å². The summed E-state index contributed by atoms with van der Waals surface area (Å²) in [6.45, 7) is 25.3. The van der Waals surface area contributed by atoms with Crippen LogP contribution >= 0.6 is 0 Å². The first-order valence-corrected chi connectivity index (χ1v) is 35.2. The Kier molecular flexibility index (Phi) is 40.8. The monoisotopic (exact) mass is 1730 g/mol. The molecule has 0 aromatic heterocycles. The van der Waals surface area contributed by atoms with E-state index in [1.54, 1.807) is 0 Å². The number of rotatable bonds is 42. The van der Waals surface area contributed by atoms with Gasteiger partial charge in [0.15, 0.2) is 0 Å². The van der Waals surface area contributed by atoms with Crippen molar-refractivity contribution in [2.24, 2.45) is 0 Å². The summed E-state index contributed by atoms with van der Waals surface area (Å²) >= 11 is 0. The minimum Gasteiger partial charge on any atom is -0.478 e. The molecular formula is C85H82O39. The summed E-state index contributed by atoms with van der Waals surface area (Å²) < 4.78 is 75.5. The molecule has 6 aromatic rings. The van der Waals surface area contributed by atoms with Crippen molar-refractivity contribution in [1.29, 1.82) is 0 Å². The van der Waals surface area contributed by atoms with Crippen LogP contribution in [0.25, 0.3) is 0 Å². The van der Waals surface area contributed by atoms with Gasteiger partial charge in [-0.3, -0.25) is 0 Å². The van der Waals surface area contributed by atoms with Crippen LogP contribution in [0.1, 0.15) is 173 Å². The topological polar surface area (TPSA) is 567 Å². The number of carboxylic acid groups (broad SMARTS) is 6. The van der Waals surface area contributed by atoms with Gasteiger partial charge in [0.05, 0.1) is 66.8 Å². The van der Waals surface area contributed by atoms with Gasteiger partial charge in [0, 0.05) is 33.4 Å². The van der Waals surface area contributed by atoms with Crippen molar-refractivity contribution >= 4 is 107 Å². The van der Waals surface area contributed by atoms with Crippen LogP contribution in [0.5, 0.6) is 34.5 Å². The first kappa shape index (κ1) is 102. The molecule has 0 spiro atoms. The number of benzene rings is 6. The van der Waals surface area contributed by atoms with Gasteiger partial charge in [-0.05, 0) is 151 Å². The van der Waals surface area contributed by atoms with Gasteiger partial charge in [0.1, 0.15) is 114 Å². The highest BCUT2D eigenvalue weighted by molar-refractivity contribution is 6.07. The molecule has 0 aliphatic heterocycles. The fraction of sp³-hybridized carbons (Fsp3) is 0.224. The van der Waals surface area contributed by atoms with Gasteiger partial charge in [-0.25, -0.2) is 86.3 Å². The molecule has 0 atom stereocenters. The Morgan fingerprint density at radius 3 is 0.476 bits per heavy atom. The largest absolute Gasteiger partial charge is 0.478 e. The van der Waals surface area contributed by atoms with Crippen molar-refractivity contribution < 1.29 is 188 Å². The van der Waals surface area contributed by atoms with Crippen molar-refractivity contribution in [2.75, 3.05) is 79.3 Å². The zero-order chi connectivity index (χ0) is 92.1. The average molecular weight is 1730 g/mol. The molecule has 0 radical (unpaired) electrons. The molecule has 0 saturated heterocycles. The van der Waals surface area contributed by atoms with Gasteiger partial charge in [-0.1, -0.05) is 46.9 Å². The predicted molar refractivity (Wildman–Crippen MR) is 424 cm³/mol. The van der Waals surface area contributed by atoms with E-state index in [4.69, 9.17) is 71.1 Å². The first-order valence-electron chi connectivity index (χ1n) is 35.2. The Morgan fingerprint density at radius 2 is 0.331 bits per heavy atom. The molecule has 656 valence electrons. The zero-order valence-corrected chi connectivity index (χ0v) is 66.3. The molecule has 0 amide bonds. The van der Waals surface area contributed by atoms with Crippen molar-refractivity contribution in [3.8, 4) is 34.5 Å². The second kappa shape index (κ2) is 49.8. The van der Waals surface area contributed by atoms with Crippen LogP contribution in [-0.2, 0) is 85.6 Å². The molecule has 0 heterocycles. The fourth-order valence-corrected chi connectivity index (χ4v) is 8.88. The summed E-state index contributed by atoms with van der Waals surface area (Å²) in [5.41, 5.74) is -3.81. The predicted octanol–water partition coefficient (Wildman–Crippen LogP) is 10.9. The molecule has 6 aromatic carbocycles. The van der Waals surface area contributed by atoms with Crippen LogP contribution in [0, 0.1) is 0 Å². The highest BCUT2D eigenvalue weighted by Gasteiger charge is 2.28. The van der Waals surface area contributed by atoms with Crippen LogP contribution in [0.3, 0.4) is 0 Å². The van der Waals surface area contributed by atoms with Crippen LogP contribution in [0.15, 0.2) is 182 Å². The summed E-state index contributed by atoms with van der Waals surface area (Å²) in [6.07, 6.45) is 0. The third kappa shape index (κ3) is 32.8. The quantitative estimate of drug-likeness (QED) is 0.00897. The van der Waals surface area contributed by atoms with E-state index in [2.05, 4.69) is 39.5 Å². The molecule has 39 nitrogen and oxygen atoms in total. The van der Waals surface area contributed by atoms with E-state index in [-0.39, 0.29) is 188 Å². The van der Waals surface area contributed by atoms with E-state index in [1.807, 2.05) is 0 Å². The van der Waals surface area contributed by atoms with Gasteiger partial charge >= 0.3 is 107 Å². The molecule has 39 heteroatoms. The first-order chi connectivity index (χ1) is 57.9. The van der Waals surface area contributed by atoms with Crippen molar-refractivity contribution in [1.82, 2.24) is 0 Å². The van der Waals surface area contributed by atoms with Crippen LogP contribution < -0.4 is 14.2 Å². The lowest BCUT2D eigenvalue weighted by Gasteiger charge is -2.13. The maximum absolute atomic E-state index is 12.6. The molecule has 6 rings (SSSR count). The zero-order valence-electron chi connectivity index (χ0n) is 66.3. The molecule has 0 bridgehead atoms. The van der Waals surface area contributed by atoms with E-state index < -0.39 is 141 Å². The lowest BCUT2D eigenvalue weighted by Crippen LogP contribution is -2.17. The second-order valence-corrected chi connectivity index (χ2v) is 24.7. The number of ether oxygens (including phenoxy) is 15. The third-order valence-electron chi connectivity index (χ3n) is 14.7. The minimum absolute atomic E-state index is 0. The van der Waals surface area contributed by atoms with E-state index in [0.717, 1.165) is 72.8 Å². The van der Waals surface area contributed by atoms with Crippen LogP contribution in [0.4, 0.5) is 0 Å². The standard InChI is InChI=1S/3C28H26O13.CH4/c1-15(2)25(33)37-9-11-39-27(35)20-8-6-17(13-21(20)24(31)32)41-18-5-7-19(23(29)30)22(14-18)28(36)40-12-10-38-26(34)16(3)4;1-15(2)25(33)37-9-11-39-27(35)19-7-5-17(13-21(19)23(29)30)41-18-6-8-20(22(14-18)24(31)32)28(36)40-12-10-38-26(34)16(3)4;1-15(2)25(33)37-9-11-39-27(35)21-13-17(5-7-19(21)23(29)30)41-18-6-8-20(24(31)32)22(14-18)28(36)40-12-10-38-26(34)16(3)4;/h3*5-8,13-14H,1,3,9-12H2,2,4H3,(H,29,30)(H,31,32);1H4. The molecular weight excluding hydrogens is 1640 g/mol. The van der Waals surface area contributed by atoms with Gasteiger partial charge in [-0.15, -0.1) is 0 Å². The SMILES string of the molecule is C.C=C(C)C(=O)OCCOC(=O)c1cc(Oc2ccc(C(=O)O)c(C(=O)OCCOC(=O)C(=C)C)c2)ccc1C(=O)O.C=C(C)C(=O)OCCOC(=O)c1ccc(Oc2ccc(C(=O)O)c(C(=O)OCCOC(=O)C(=C)C)c2)cc1C(=O)O.C=C(C)C(=O)OCCOC(=O)c1ccc(Oc2ccc(C(=O)OCCOC(=O)C(=C)C)c(C(=O)O)c2)cc1C(=O)O. The summed E-state index contributed by atoms with van der Waals surface area (Å²) in [5, 5.41) is 57.1. The van der Waals surface area contributed by atoms with Crippen LogP contribution in [0.2, 0.25) is 0 Å². The molecule has 0 aliphatic rings. The van der Waals surface area contributed by atoms with Crippen LogP contribution in [-0.4, -0.2) is 217 Å². The fourth-order valence-electron chi connectivity index (χ4n) is 8.88. The van der Waals surface area contributed by atoms with Gasteiger partial charge in [-0.2, -0.15) is 0 Å². The Balaban J connectivity index is 0.000000478. The molecule has 124 heavy (non-hydrogen) atoms. The maximum atomic E-state index is 12.6. The van der Waals surface area contributed by atoms with Gasteiger partial charge < -0.3 is 102 Å². The van der Waals surface area contributed by atoms with E-state index >= 15 is 0 Å². The molecule has 0 unspecified atom stereocenters. The molecule has 0 saturated carbocycles. The highest BCUT2D eigenvalue weighted by Crippen LogP contribution is 2.32. The Labute approximate surface area is 704 Å². The third-order valence-corrected chi connectivity index (χ3v) is 14.7. The van der Waals surface area contributed by atoms with Gasteiger partial charge in [0.25, 0.3) is 0 Å². The Bertz CT molecular complexity index is 5010. The van der Waals surface area contributed by atoms with Crippen molar-refractivity contribution in [3.63, 3.8) is 0 Å². The maximum Gasteiger partial charge on any atom is 0.339 e. The van der Waals surface area contributed by atoms with Crippen molar-refractivity contribution in [2.45, 2.75) is 49.0 Å². The summed E-state index contributed by atoms with van der Waals surface area (Å²) in [4.78, 5) is 213. The van der Waals surface area contributed by atoms with Gasteiger partial charge in [0.2, 0.25) is 0 Å². The normalized spacial score (nSPS) is 10.0. The average Bonchev–Trinajstić information content (AvgIpc) is 0.816. The number of carboxylic acids is 6. The summed E-state index contributed by atoms with van der Waals surface area (Å²) in [6, 6.07) is 20.4.